The summed E-state index contributed by atoms with van der Waals surface area (Å²) < 4.78 is 0. The minimum atomic E-state index is -0.465. The van der Waals surface area contributed by atoms with E-state index in [1.807, 2.05) is 24.3 Å². The molecular weight excluding hydrogens is 288 g/mol. The van der Waals surface area contributed by atoms with Gasteiger partial charge in [0.05, 0.1) is 0 Å². The fraction of sp³-hybridized carbons (Fsp3) is 0.333. The van der Waals surface area contributed by atoms with Crippen molar-refractivity contribution in [3.8, 4) is 6.07 Å². The Morgan fingerprint density at radius 2 is 1.65 bits per heavy atom. The van der Waals surface area contributed by atoms with Crippen molar-refractivity contribution in [2.45, 2.75) is 39.5 Å². The van der Waals surface area contributed by atoms with E-state index in [2.05, 4.69) is 23.8 Å². The van der Waals surface area contributed by atoms with E-state index in [9.17, 15) is 4.79 Å². The maximum Gasteiger partial charge on any atom is 0.267 e. The number of rotatable bonds is 5. The van der Waals surface area contributed by atoms with E-state index >= 15 is 0 Å². The highest BCUT2D eigenvalue weighted by atomic mass is 16.1. The van der Waals surface area contributed by atoms with Crippen molar-refractivity contribution >= 4 is 5.91 Å². The number of carbonyl (C=O) groups excluding carboxylic acids is 1. The largest absolute Gasteiger partial charge is 0.364 e. The quantitative estimate of drug-likeness (QED) is 0.918. The highest BCUT2D eigenvalue weighted by molar-refractivity contribution is 5.90. The molecule has 0 spiro atoms. The zero-order chi connectivity index (χ0) is 17.1. The average Bonchev–Trinajstić information content (AvgIpc) is 2.56. The third-order valence-electron chi connectivity index (χ3n) is 3.09. The maximum atomic E-state index is 10.7. The van der Waals surface area contributed by atoms with Gasteiger partial charge in [0, 0.05) is 12.4 Å². The zero-order valence-electron chi connectivity index (χ0n) is 13.6. The molecule has 0 bridgehead atoms. The lowest BCUT2D eigenvalue weighted by Crippen LogP contribution is -2.13. The minimum Gasteiger partial charge on any atom is -0.364 e. The van der Waals surface area contributed by atoms with Crippen LogP contribution in [0.3, 0.4) is 0 Å². The van der Waals surface area contributed by atoms with Crippen LogP contribution in [0.5, 0.6) is 0 Å². The van der Waals surface area contributed by atoms with Gasteiger partial charge in [-0.15, -0.1) is 0 Å². The molecule has 0 fully saturated rings. The van der Waals surface area contributed by atoms with Gasteiger partial charge in [0.2, 0.25) is 0 Å². The van der Waals surface area contributed by atoms with E-state index in [0.29, 0.717) is 11.4 Å². The Kier molecular flexibility index (Phi) is 8.01. The first kappa shape index (κ1) is 18.3. The van der Waals surface area contributed by atoms with Crippen LogP contribution in [0.1, 0.15) is 54.0 Å². The topological polar surface area (TPSA) is 92.7 Å². The van der Waals surface area contributed by atoms with Gasteiger partial charge >= 0.3 is 0 Å². The van der Waals surface area contributed by atoms with Gasteiger partial charge in [0.1, 0.15) is 17.5 Å². The zero-order valence-corrected chi connectivity index (χ0v) is 13.6. The Hall–Kier alpha value is -2.74. The molecule has 1 amide bonds. The van der Waals surface area contributed by atoms with Crippen LogP contribution in [-0.2, 0) is 12.8 Å². The van der Waals surface area contributed by atoms with Crippen molar-refractivity contribution in [3.05, 3.63) is 59.2 Å². The second kappa shape index (κ2) is 10.1. The SMILES string of the molecule is CCCc1ccnc(C#N)c1.CCCc1ccnc(C(N)=O)c1. The first-order valence-corrected chi connectivity index (χ1v) is 7.70. The Bertz CT molecular complexity index is 677. The average molecular weight is 310 g/mol. The molecule has 0 atom stereocenters. The second-order valence-electron chi connectivity index (χ2n) is 5.07. The number of hydrogen-bond acceptors (Lipinski definition) is 4. The number of nitrogens with zero attached hydrogens (tertiary/aromatic N) is 3. The molecule has 0 unspecified atom stereocenters. The van der Waals surface area contributed by atoms with E-state index < -0.39 is 5.91 Å². The summed E-state index contributed by atoms with van der Waals surface area (Å²) in [6.07, 6.45) is 7.45. The summed E-state index contributed by atoms with van der Waals surface area (Å²) in [6, 6.07) is 9.44. The van der Waals surface area contributed by atoms with E-state index in [1.165, 1.54) is 5.56 Å². The van der Waals surface area contributed by atoms with Crippen LogP contribution in [0.4, 0.5) is 0 Å². The van der Waals surface area contributed by atoms with Gasteiger partial charge in [-0.05, 0) is 48.2 Å². The monoisotopic (exact) mass is 310 g/mol. The van der Waals surface area contributed by atoms with Gasteiger partial charge in [-0.1, -0.05) is 26.7 Å². The summed E-state index contributed by atoms with van der Waals surface area (Å²) in [7, 11) is 0. The van der Waals surface area contributed by atoms with Crippen molar-refractivity contribution < 1.29 is 4.79 Å². The van der Waals surface area contributed by atoms with Gasteiger partial charge in [0.25, 0.3) is 5.91 Å². The van der Waals surface area contributed by atoms with Gasteiger partial charge < -0.3 is 5.73 Å². The number of aromatic nitrogens is 2. The van der Waals surface area contributed by atoms with Crippen molar-refractivity contribution in [1.82, 2.24) is 9.97 Å². The smallest absolute Gasteiger partial charge is 0.267 e. The van der Waals surface area contributed by atoms with Crippen LogP contribution in [0.15, 0.2) is 36.7 Å². The van der Waals surface area contributed by atoms with E-state index in [1.54, 1.807) is 18.5 Å². The lowest BCUT2D eigenvalue weighted by Gasteiger charge is -1.99. The standard InChI is InChI=1S/C9H12N2O.C9H10N2/c1-2-3-7-4-5-11-8(6-7)9(10)12;1-2-3-8-4-5-11-9(6-8)7-10/h4-6H,2-3H2,1H3,(H2,10,12);4-6H,2-3H2,1H3. The number of nitrogens with two attached hydrogens (primary N) is 1. The Balaban J connectivity index is 0.000000231. The summed E-state index contributed by atoms with van der Waals surface area (Å²) in [6.45, 7) is 4.21. The molecule has 2 aromatic heterocycles. The summed E-state index contributed by atoms with van der Waals surface area (Å²) in [5, 5.41) is 8.52. The van der Waals surface area contributed by atoms with Crippen molar-refractivity contribution in [2.24, 2.45) is 5.73 Å². The highest BCUT2D eigenvalue weighted by Crippen LogP contribution is 2.04. The molecule has 2 aromatic rings. The lowest BCUT2D eigenvalue weighted by molar-refractivity contribution is 0.0995. The molecule has 0 saturated carbocycles. The molecule has 2 heterocycles. The van der Waals surface area contributed by atoms with Crippen LogP contribution < -0.4 is 5.73 Å². The van der Waals surface area contributed by atoms with Gasteiger partial charge in [-0.3, -0.25) is 9.78 Å². The molecule has 0 radical (unpaired) electrons. The number of carbonyl (C=O) groups is 1. The van der Waals surface area contributed by atoms with E-state index in [4.69, 9.17) is 11.0 Å². The van der Waals surface area contributed by atoms with E-state index in [-0.39, 0.29) is 0 Å². The predicted molar refractivity (Wildman–Crippen MR) is 89.7 cm³/mol. The third kappa shape index (κ3) is 6.70. The first-order valence-electron chi connectivity index (χ1n) is 7.70. The lowest BCUT2D eigenvalue weighted by atomic mass is 10.1. The molecule has 23 heavy (non-hydrogen) atoms. The van der Waals surface area contributed by atoms with Crippen LogP contribution in [-0.4, -0.2) is 15.9 Å². The number of amides is 1. The van der Waals surface area contributed by atoms with Crippen molar-refractivity contribution in [3.63, 3.8) is 0 Å². The predicted octanol–water partition coefficient (Wildman–Crippen LogP) is 3.04. The molecule has 5 heteroatoms. The number of aryl methyl sites for hydroxylation is 2. The fourth-order valence-corrected chi connectivity index (χ4v) is 2.03. The number of pyridine rings is 2. The highest BCUT2D eigenvalue weighted by Gasteiger charge is 2.01. The fourth-order valence-electron chi connectivity index (χ4n) is 2.03. The van der Waals surface area contributed by atoms with Crippen LogP contribution in [0, 0.1) is 11.3 Å². The normalized spacial score (nSPS) is 9.43. The summed E-state index contributed by atoms with van der Waals surface area (Å²) in [4.78, 5) is 18.4. The first-order chi connectivity index (χ1) is 11.1. The van der Waals surface area contributed by atoms with Crippen LogP contribution >= 0.6 is 0 Å². The summed E-state index contributed by atoms with van der Waals surface area (Å²) in [5.41, 5.74) is 8.24. The Morgan fingerprint density at radius 3 is 2.17 bits per heavy atom. The third-order valence-corrected chi connectivity index (χ3v) is 3.09. The van der Waals surface area contributed by atoms with Gasteiger partial charge in [-0.2, -0.15) is 5.26 Å². The summed E-state index contributed by atoms with van der Waals surface area (Å²) >= 11 is 0. The van der Waals surface area contributed by atoms with Gasteiger partial charge in [0.15, 0.2) is 0 Å². The number of primary amides is 1. The second-order valence-corrected chi connectivity index (χ2v) is 5.07. The van der Waals surface area contributed by atoms with Crippen LogP contribution in [0.2, 0.25) is 0 Å². The van der Waals surface area contributed by atoms with Gasteiger partial charge in [-0.25, -0.2) is 4.98 Å². The molecule has 0 saturated heterocycles. The Labute approximate surface area is 137 Å². The molecule has 0 aliphatic heterocycles. The molecule has 0 aromatic carbocycles. The van der Waals surface area contributed by atoms with Crippen LogP contribution in [0.25, 0.3) is 0 Å². The molecule has 0 aliphatic rings. The van der Waals surface area contributed by atoms with Crippen molar-refractivity contribution in [1.29, 1.82) is 5.26 Å². The maximum absolute atomic E-state index is 10.7. The number of nitriles is 1. The molecular formula is C18H22N4O. The molecule has 0 aliphatic carbocycles. The molecule has 5 nitrogen and oxygen atoms in total. The summed E-state index contributed by atoms with van der Waals surface area (Å²) in [5.74, 6) is -0.465. The van der Waals surface area contributed by atoms with E-state index in [0.717, 1.165) is 31.2 Å². The van der Waals surface area contributed by atoms with Crippen molar-refractivity contribution in [2.75, 3.05) is 0 Å². The minimum absolute atomic E-state index is 0.348. The molecule has 2 rings (SSSR count). The Morgan fingerprint density at radius 1 is 1.09 bits per heavy atom. The molecule has 2 N–H and O–H groups in total. The molecule has 120 valence electrons. The number of hydrogen-bond donors (Lipinski definition) is 1.